The zero-order chi connectivity index (χ0) is 25.4. The Morgan fingerprint density at radius 3 is 2.42 bits per heavy atom. The summed E-state index contributed by atoms with van der Waals surface area (Å²) in [5.41, 5.74) is 0.996. The molecule has 1 atom stereocenters. The Morgan fingerprint density at radius 2 is 1.67 bits per heavy atom. The standard InChI is InChI=1S/C26H21F3N4O3/c27-26(28,29)18-6-4-5-16(13-18)17-9-10-21-20(14-17)24(35)33-12-11-32(15-22(33)23(34)31-21)25(36)30-19-7-2-1-3-8-19/h1-10,13-14,22H,11-12,15H2,(H,30,36)(H,31,34). The molecule has 0 saturated carbocycles. The van der Waals surface area contributed by atoms with Crippen molar-refractivity contribution in [1.82, 2.24) is 9.80 Å². The van der Waals surface area contributed by atoms with E-state index in [2.05, 4.69) is 10.6 Å². The maximum atomic E-state index is 13.4. The molecule has 184 valence electrons. The molecular weight excluding hydrogens is 473 g/mol. The van der Waals surface area contributed by atoms with Gasteiger partial charge in [0.2, 0.25) is 5.91 Å². The molecule has 4 amide bonds. The van der Waals surface area contributed by atoms with Crippen LogP contribution in [0.1, 0.15) is 15.9 Å². The summed E-state index contributed by atoms with van der Waals surface area (Å²) in [4.78, 5) is 42.1. The van der Waals surface area contributed by atoms with Gasteiger partial charge in [0.25, 0.3) is 5.91 Å². The normalized spacial score (nSPS) is 17.6. The zero-order valence-corrected chi connectivity index (χ0v) is 18.9. The topological polar surface area (TPSA) is 81.8 Å². The van der Waals surface area contributed by atoms with Gasteiger partial charge < -0.3 is 20.4 Å². The van der Waals surface area contributed by atoms with Crippen molar-refractivity contribution in [3.05, 3.63) is 83.9 Å². The van der Waals surface area contributed by atoms with Crippen molar-refractivity contribution in [2.75, 3.05) is 30.3 Å². The number of halogens is 3. The number of para-hydroxylation sites is 1. The van der Waals surface area contributed by atoms with Gasteiger partial charge in [-0.3, -0.25) is 9.59 Å². The third-order valence-corrected chi connectivity index (χ3v) is 6.29. The second-order valence-corrected chi connectivity index (χ2v) is 8.58. The second-order valence-electron chi connectivity index (χ2n) is 8.58. The Bertz CT molecular complexity index is 1340. The molecule has 2 heterocycles. The van der Waals surface area contributed by atoms with E-state index < -0.39 is 29.6 Å². The van der Waals surface area contributed by atoms with E-state index in [4.69, 9.17) is 0 Å². The number of carbonyl (C=O) groups is 3. The number of rotatable bonds is 2. The summed E-state index contributed by atoms with van der Waals surface area (Å²) in [6.45, 7) is 0.355. The first kappa shape index (κ1) is 23.4. The first-order valence-electron chi connectivity index (χ1n) is 11.3. The molecular formula is C26H21F3N4O3. The highest BCUT2D eigenvalue weighted by Crippen LogP contribution is 2.34. The van der Waals surface area contributed by atoms with E-state index in [0.29, 0.717) is 16.8 Å². The molecule has 2 aliphatic rings. The number of urea groups is 1. The van der Waals surface area contributed by atoms with E-state index in [0.717, 1.165) is 12.1 Å². The Hall–Kier alpha value is -4.34. The van der Waals surface area contributed by atoms with E-state index in [1.165, 1.54) is 34.1 Å². The van der Waals surface area contributed by atoms with Crippen LogP contribution >= 0.6 is 0 Å². The maximum absolute atomic E-state index is 13.4. The lowest BCUT2D eigenvalue weighted by molar-refractivity contribution is -0.137. The molecule has 0 aliphatic carbocycles. The highest BCUT2D eigenvalue weighted by molar-refractivity contribution is 6.11. The zero-order valence-electron chi connectivity index (χ0n) is 18.9. The fraction of sp³-hybridized carbons (Fsp3) is 0.192. The predicted molar refractivity (Wildman–Crippen MR) is 127 cm³/mol. The minimum absolute atomic E-state index is 0.00468. The van der Waals surface area contributed by atoms with Crippen LogP contribution in [0.25, 0.3) is 11.1 Å². The molecule has 3 aromatic carbocycles. The highest BCUT2D eigenvalue weighted by atomic mass is 19.4. The molecule has 1 saturated heterocycles. The van der Waals surface area contributed by atoms with Gasteiger partial charge in [-0.15, -0.1) is 0 Å². The third kappa shape index (κ3) is 4.49. The van der Waals surface area contributed by atoms with Gasteiger partial charge in [0, 0.05) is 18.8 Å². The van der Waals surface area contributed by atoms with Crippen LogP contribution in [0.15, 0.2) is 72.8 Å². The fourth-order valence-electron chi connectivity index (χ4n) is 4.41. The van der Waals surface area contributed by atoms with Gasteiger partial charge in [-0.2, -0.15) is 13.2 Å². The van der Waals surface area contributed by atoms with Crippen LogP contribution in [0.3, 0.4) is 0 Å². The summed E-state index contributed by atoms with van der Waals surface area (Å²) >= 11 is 0. The van der Waals surface area contributed by atoms with Crippen LogP contribution in [0.2, 0.25) is 0 Å². The molecule has 7 nitrogen and oxygen atoms in total. The smallest absolute Gasteiger partial charge is 0.323 e. The van der Waals surface area contributed by atoms with Gasteiger partial charge in [-0.1, -0.05) is 36.4 Å². The van der Waals surface area contributed by atoms with Crippen LogP contribution in [0.4, 0.5) is 29.3 Å². The van der Waals surface area contributed by atoms with Crippen molar-refractivity contribution in [3.8, 4) is 11.1 Å². The minimum Gasteiger partial charge on any atom is -0.323 e. The van der Waals surface area contributed by atoms with E-state index in [-0.39, 0.29) is 36.9 Å². The minimum atomic E-state index is -4.49. The van der Waals surface area contributed by atoms with E-state index in [1.807, 2.05) is 6.07 Å². The molecule has 5 rings (SSSR count). The Kier molecular flexibility index (Phi) is 5.87. The first-order valence-corrected chi connectivity index (χ1v) is 11.3. The van der Waals surface area contributed by atoms with Crippen molar-refractivity contribution in [1.29, 1.82) is 0 Å². The number of nitrogens with zero attached hydrogens (tertiary/aromatic N) is 2. The van der Waals surface area contributed by atoms with Gasteiger partial charge in [0.15, 0.2) is 0 Å². The average molecular weight is 494 g/mol. The molecule has 0 aromatic heterocycles. The van der Waals surface area contributed by atoms with Crippen molar-refractivity contribution >= 4 is 29.2 Å². The number of piperazine rings is 1. The molecule has 1 fully saturated rings. The molecule has 3 aromatic rings. The summed E-state index contributed by atoms with van der Waals surface area (Å²) in [7, 11) is 0. The molecule has 10 heteroatoms. The number of hydrogen-bond donors (Lipinski definition) is 2. The maximum Gasteiger partial charge on any atom is 0.416 e. The number of anilines is 2. The number of hydrogen-bond acceptors (Lipinski definition) is 3. The summed E-state index contributed by atoms with van der Waals surface area (Å²) in [5, 5.41) is 5.51. The van der Waals surface area contributed by atoms with E-state index in [1.54, 1.807) is 30.3 Å². The van der Waals surface area contributed by atoms with Crippen molar-refractivity contribution in [2.45, 2.75) is 12.2 Å². The van der Waals surface area contributed by atoms with Crippen LogP contribution in [0.5, 0.6) is 0 Å². The largest absolute Gasteiger partial charge is 0.416 e. The first-order chi connectivity index (χ1) is 17.2. The lowest BCUT2D eigenvalue weighted by atomic mass is 9.99. The van der Waals surface area contributed by atoms with Crippen LogP contribution in [-0.4, -0.2) is 53.3 Å². The van der Waals surface area contributed by atoms with E-state index in [9.17, 15) is 27.6 Å². The van der Waals surface area contributed by atoms with Crippen LogP contribution in [0, 0.1) is 0 Å². The number of nitrogens with one attached hydrogen (secondary N) is 2. The van der Waals surface area contributed by atoms with Gasteiger partial charge in [0.1, 0.15) is 6.04 Å². The molecule has 2 N–H and O–H groups in total. The quantitative estimate of drug-likeness (QED) is 0.543. The van der Waals surface area contributed by atoms with Crippen molar-refractivity contribution in [3.63, 3.8) is 0 Å². The highest BCUT2D eigenvalue weighted by Gasteiger charge is 2.40. The summed E-state index contributed by atoms with van der Waals surface area (Å²) < 4.78 is 39.5. The monoisotopic (exact) mass is 494 g/mol. The third-order valence-electron chi connectivity index (χ3n) is 6.29. The number of amides is 4. The van der Waals surface area contributed by atoms with Crippen LogP contribution in [-0.2, 0) is 11.0 Å². The van der Waals surface area contributed by atoms with Crippen LogP contribution < -0.4 is 10.6 Å². The average Bonchev–Trinajstić information content (AvgIpc) is 2.98. The van der Waals surface area contributed by atoms with Gasteiger partial charge >= 0.3 is 12.2 Å². The Balaban J connectivity index is 1.39. The van der Waals surface area contributed by atoms with E-state index >= 15 is 0 Å². The fourth-order valence-corrected chi connectivity index (χ4v) is 4.41. The lowest BCUT2D eigenvalue weighted by Gasteiger charge is -2.39. The summed E-state index contributed by atoms with van der Waals surface area (Å²) in [5.74, 6) is -0.864. The summed E-state index contributed by atoms with van der Waals surface area (Å²) in [6.07, 6.45) is -4.49. The van der Waals surface area contributed by atoms with Crippen molar-refractivity contribution in [2.24, 2.45) is 0 Å². The lowest BCUT2D eigenvalue weighted by Crippen LogP contribution is -2.60. The molecule has 36 heavy (non-hydrogen) atoms. The second kappa shape index (κ2) is 9.03. The molecule has 1 unspecified atom stereocenters. The Labute approximate surface area is 204 Å². The van der Waals surface area contributed by atoms with Gasteiger partial charge in [0.05, 0.1) is 23.4 Å². The molecule has 2 aliphatic heterocycles. The number of fused-ring (bicyclic) bond motifs is 2. The Morgan fingerprint density at radius 1 is 0.917 bits per heavy atom. The SMILES string of the molecule is O=C1Nc2ccc(-c3cccc(C(F)(F)F)c3)cc2C(=O)N2CCN(C(=O)Nc3ccccc3)CC12. The number of carbonyl (C=O) groups excluding carboxylic acids is 3. The van der Waals surface area contributed by atoms with Gasteiger partial charge in [-0.25, -0.2) is 4.79 Å². The predicted octanol–water partition coefficient (Wildman–Crippen LogP) is 4.68. The molecule has 0 bridgehead atoms. The van der Waals surface area contributed by atoms with Gasteiger partial charge in [-0.05, 0) is 47.5 Å². The summed E-state index contributed by atoms with van der Waals surface area (Å²) in [6, 6.07) is 17.0. The molecule has 0 radical (unpaired) electrons. The number of alkyl halides is 3. The van der Waals surface area contributed by atoms with Crippen molar-refractivity contribution < 1.29 is 27.6 Å². The number of benzene rings is 3. The molecule has 0 spiro atoms.